The summed E-state index contributed by atoms with van der Waals surface area (Å²) in [4.78, 5) is 0.326. The number of rotatable bonds is 4. The summed E-state index contributed by atoms with van der Waals surface area (Å²) in [7, 11) is -3.48. The van der Waals surface area contributed by atoms with Crippen molar-refractivity contribution in [2.45, 2.75) is 23.2 Å². The van der Waals surface area contributed by atoms with Crippen LogP contribution in [0.5, 0.6) is 0 Å². The molecule has 0 saturated carbocycles. The lowest BCUT2D eigenvalue weighted by atomic mass is 9.59. The van der Waals surface area contributed by atoms with Crippen LogP contribution < -0.4 is 4.72 Å². The van der Waals surface area contributed by atoms with E-state index in [4.69, 9.17) is 0 Å². The van der Waals surface area contributed by atoms with Crippen molar-refractivity contribution in [1.29, 1.82) is 0 Å². The van der Waals surface area contributed by atoms with Crippen molar-refractivity contribution in [3.63, 3.8) is 0 Å². The largest absolute Gasteiger partial charge is 0.240 e. The molecule has 27 heavy (non-hydrogen) atoms. The standard InChI is InChI=1S/C23H21NO2S/c25-27(26,17-8-2-1-3-9-17)24-15-16-14-22-18-10-4-6-12-20(18)23(16)21-13-7-5-11-19(21)22/h1-13,16,22-24H,14-15H2. The molecule has 1 unspecified atom stereocenters. The van der Waals surface area contributed by atoms with Crippen molar-refractivity contribution < 1.29 is 8.42 Å². The maximum Gasteiger partial charge on any atom is 0.240 e. The van der Waals surface area contributed by atoms with Gasteiger partial charge in [0, 0.05) is 18.4 Å². The minimum absolute atomic E-state index is 0.251. The monoisotopic (exact) mass is 375 g/mol. The quantitative estimate of drug-likeness (QED) is 0.740. The molecule has 0 amide bonds. The summed E-state index contributed by atoms with van der Waals surface area (Å²) in [5.41, 5.74) is 5.53. The number of hydrogen-bond donors (Lipinski definition) is 1. The molecule has 2 bridgehead atoms. The average molecular weight is 375 g/mol. The maximum atomic E-state index is 12.7. The van der Waals surface area contributed by atoms with Crippen LogP contribution in [0.4, 0.5) is 0 Å². The summed E-state index contributed by atoms with van der Waals surface area (Å²) in [6.07, 6.45) is 0.982. The first-order chi connectivity index (χ1) is 13.1. The van der Waals surface area contributed by atoms with E-state index in [2.05, 4.69) is 53.3 Å². The molecule has 3 aliphatic rings. The Morgan fingerprint density at radius 3 is 1.85 bits per heavy atom. The molecule has 0 heterocycles. The van der Waals surface area contributed by atoms with E-state index >= 15 is 0 Å². The first-order valence-corrected chi connectivity index (χ1v) is 10.9. The van der Waals surface area contributed by atoms with Crippen molar-refractivity contribution in [1.82, 2.24) is 4.72 Å². The number of sulfonamides is 1. The highest BCUT2D eigenvalue weighted by Crippen LogP contribution is 2.55. The molecule has 6 rings (SSSR count). The predicted molar refractivity (Wildman–Crippen MR) is 106 cm³/mol. The average Bonchev–Trinajstić information content (AvgIpc) is 2.73. The summed E-state index contributed by atoms with van der Waals surface area (Å²) in [6, 6.07) is 25.9. The van der Waals surface area contributed by atoms with Gasteiger partial charge in [0.15, 0.2) is 0 Å². The molecular formula is C23H21NO2S. The fourth-order valence-corrected chi connectivity index (χ4v) is 5.98. The van der Waals surface area contributed by atoms with Crippen LogP contribution in [0.2, 0.25) is 0 Å². The fraction of sp³-hybridized carbons (Fsp3) is 0.217. The lowest BCUT2D eigenvalue weighted by Gasteiger charge is -2.45. The van der Waals surface area contributed by atoms with Gasteiger partial charge in [0.2, 0.25) is 10.0 Å². The second-order valence-corrected chi connectivity index (χ2v) is 9.22. The van der Waals surface area contributed by atoms with Gasteiger partial charge in [0.25, 0.3) is 0 Å². The number of fused-ring (bicyclic) bond motifs is 1. The van der Waals surface area contributed by atoms with E-state index in [1.54, 1.807) is 24.3 Å². The molecule has 4 heteroatoms. The van der Waals surface area contributed by atoms with E-state index in [0.717, 1.165) is 6.42 Å². The van der Waals surface area contributed by atoms with E-state index in [9.17, 15) is 8.42 Å². The van der Waals surface area contributed by atoms with Gasteiger partial charge in [-0.05, 0) is 46.7 Å². The van der Waals surface area contributed by atoms with Crippen LogP contribution in [0.25, 0.3) is 0 Å². The Labute approximate surface area is 160 Å². The highest BCUT2D eigenvalue weighted by molar-refractivity contribution is 7.89. The SMILES string of the molecule is O=S(=O)(NCC1CC2c3ccccc3C1c1ccccc12)c1ccccc1. The molecule has 0 spiro atoms. The third kappa shape index (κ3) is 2.71. The van der Waals surface area contributed by atoms with Gasteiger partial charge in [0.1, 0.15) is 0 Å². The van der Waals surface area contributed by atoms with Gasteiger partial charge < -0.3 is 0 Å². The van der Waals surface area contributed by atoms with Gasteiger partial charge in [-0.1, -0.05) is 66.7 Å². The molecule has 0 saturated heterocycles. The Kier molecular flexibility index (Phi) is 3.92. The second-order valence-electron chi connectivity index (χ2n) is 7.45. The molecule has 1 atom stereocenters. The van der Waals surface area contributed by atoms with Crippen LogP contribution in [0.1, 0.15) is 40.5 Å². The molecule has 0 aromatic heterocycles. The lowest BCUT2D eigenvalue weighted by molar-refractivity contribution is 0.355. The normalized spacial score (nSPS) is 22.9. The lowest BCUT2D eigenvalue weighted by Crippen LogP contribution is -2.39. The van der Waals surface area contributed by atoms with E-state index in [0.29, 0.717) is 17.4 Å². The molecule has 1 N–H and O–H groups in total. The van der Waals surface area contributed by atoms with Gasteiger partial charge in [0.05, 0.1) is 4.90 Å². The van der Waals surface area contributed by atoms with Crippen molar-refractivity contribution in [2.24, 2.45) is 5.92 Å². The Balaban J connectivity index is 1.48. The zero-order valence-corrected chi connectivity index (χ0v) is 15.7. The summed E-state index contributed by atoms with van der Waals surface area (Å²) >= 11 is 0. The Bertz CT molecular complexity index is 1040. The van der Waals surface area contributed by atoms with Gasteiger partial charge in [-0.15, -0.1) is 0 Å². The minimum atomic E-state index is -3.48. The van der Waals surface area contributed by atoms with Crippen molar-refractivity contribution in [3.05, 3.63) is 101 Å². The van der Waals surface area contributed by atoms with Crippen LogP contribution in [-0.4, -0.2) is 15.0 Å². The van der Waals surface area contributed by atoms with Gasteiger partial charge in [-0.2, -0.15) is 0 Å². The van der Waals surface area contributed by atoms with E-state index in [-0.39, 0.29) is 11.8 Å². The van der Waals surface area contributed by atoms with Crippen molar-refractivity contribution >= 4 is 10.0 Å². The van der Waals surface area contributed by atoms with Crippen molar-refractivity contribution in [3.8, 4) is 0 Å². The van der Waals surface area contributed by atoms with Crippen LogP contribution in [0, 0.1) is 5.92 Å². The molecule has 3 aromatic rings. The number of hydrogen-bond acceptors (Lipinski definition) is 2. The summed E-state index contributed by atoms with van der Waals surface area (Å²) in [5.74, 6) is 0.868. The molecular weight excluding hydrogens is 354 g/mol. The Hall–Kier alpha value is -2.43. The minimum Gasteiger partial charge on any atom is -0.211 e. The predicted octanol–water partition coefficient (Wildman–Crippen LogP) is 4.26. The second kappa shape index (κ2) is 6.32. The first-order valence-electron chi connectivity index (χ1n) is 9.37. The zero-order chi connectivity index (χ0) is 18.4. The van der Waals surface area contributed by atoms with E-state index in [1.807, 2.05) is 6.07 Å². The maximum absolute atomic E-state index is 12.7. The Morgan fingerprint density at radius 1 is 0.741 bits per heavy atom. The third-order valence-electron chi connectivity index (χ3n) is 6.01. The third-order valence-corrected chi connectivity index (χ3v) is 7.45. The Morgan fingerprint density at radius 2 is 1.26 bits per heavy atom. The van der Waals surface area contributed by atoms with E-state index < -0.39 is 10.0 Å². The highest BCUT2D eigenvalue weighted by atomic mass is 32.2. The molecule has 0 radical (unpaired) electrons. The molecule has 3 aromatic carbocycles. The van der Waals surface area contributed by atoms with Crippen LogP contribution in [0.3, 0.4) is 0 Å². The van der Waals surface area contributed by atoms with Crippen LogP contribution in [-0.2, 0) is 10.0 Å². The molecule has 3 aliphatic carbocycles. The fourth-order valence-electron chi connectivity index (χ4n) is 4.86. The van der Waals surface area contributed by atoms with Gasteiger partial charge in [-0.25, -0.2) is 13.1 Å². The summed E-state index contributed by atoms with van der Waals surface area (Å²) < 4.78 is 28.2. The van der Waals surface area contributed by atoms with Gasteiger partial charge >= 0.3 is 0 Å². The number of benzene rings is 3. The molecule has 0 aliphatic heterocycles. The molecule has 0 fully saturated rings. The van der Waals surface area contributed by atoms with Crippen LogP contribution in [0.15, 0.2) is 83.8 Å². The summed E-state index contributed by atoms with van der Waals surface area (Å²) in [6.45, 7) is 0.459. The molecule has 136 valence electrons. The van der Waals surface area contributed by atoms with E-state index in [1.165, 1.54) is 22.3 Å². The molecule has 3 nitrogen and oxygen atoms in total. The summed E-state index contributed by atoms with van der Waals surface area (Å²) in [5, 5.41) is 0. The zero-order valence-electron chi connectivity index (χ0n) is 14.9. The first kappa shape index (κ1) is 16.7. The van der Waals surface area contributed by atoms with Crippen molar-refractivity contribution in [2.75, 3.05) is 6.54 Å². The smallest absolute Gasteiger partial charge is 0.211 e. The van der Waals surface area contributed by atoms with Gasteiger partial charge in [-0.3, -0.25) is 0 Å². The van der Waals surface area contributed by atoms with Crippen LogP contribution >= 0.6 is 0 Å². The highest BCUT2D eigenvalue weighted by Gasteiger charge is 2.43. The topological polar surface area (TPSA) is 46.2 Å². The number of nitrogens with one attached hydrogen (secondary N) is 1.